The number of nitrogens with zero attached hydrogens (tertiary/aromatic N) is 2. The Labute approximate surface area is 108 Å². The number of carboxylic acid groups (broad SMARTS) is 1. The van der Waals surface area contributed by atoms with E-state index < -0.39 is 5.97 Å². The van der Waals surface area contributed by atoms with Crippen molar-refractivity contribution in [1.29, 1.82) is 0 Å². The number of benzene rings is 1. The molecule has 0 atom stereocenters. The summed E-state index contributed by atoms with van der Waals surface area (Å²) in [6.45, 7) is 0. The van der Waals surface area contributed by atoms with Crippen molar-refractivity contribution in [3.63, 3.8) is 0 Å². The minimum atomic E-state index is -1.08. The summed E-state index contributed by atoms with van der Waals surface area (Å²) in [5.74, 6) is -0.686. The SMILES string of the molecule is COc1ccc(-c2ccc(Cl)c(C(=O)O)c2)nn1. The Morgan fingerprint density at radius 2 is 2.06 bits per heavy atom. The van der Waals surface area contributed by atoms with E-state index in [-0.39, 0.29) is 10.6 Å². The van der Waals surface area contributed by atoms with Crippen LogP contribution in [-0.2, 0) is 0 Å². The van der Waals surface area contributed by atoms with Gasteiger partial charge in [0.2, 0.25) is 5.88 Å². The lowest BCUT2D eigenvalue weighted by Crippen LogP contribution is -1.98. The molecule has 0 aliphatic heterocycles. The van der Waals surface area contributed by atoms with Crippen LogP contribution in [0.1, 0.15) is 10.4 Å². The summed E-state index contributed by atoms with van der Waals surface area (Å²) < 4.78 is 4.90. The number of hydrogen-bond donors (Lipinski definition) is 1. The number of ether oxygens (including phenoxy) is 1. The smallest absolute Gasteiger partial charge is 0.337 e. The Kier molecular flexibility index (Phi) is 3.43. The zero-order valence-electron chi connectivity index (χ0n) is 9.42. The van der Waals surface area contributed by atoms with Crippen molar-refractivity contribution in [3.8, 4) is 17.1 Å². The lowest BCUT2D eigenvalue weighted by Gasteiger charge is -2.04. The summed E-state index contributed by atoms with van der Waals surface area (Å²) in [6.07, 6.45) is 0. The van der Waals surface area contributed by atoms with Gasteiger partial charge < -0.3 is 9.84 Å². The van der Waals surface area contributed by atoms with Crippen LogP contribution < -0.4 is 4.74 Å². The lowest BCUT2D eigenvalue weighted by molar-refractivity contribution is 0.0697. The molecular formula is C12H9ClN2O3. The van der Waals surface area contributed by atoms with Crippen molar-refractivity contribution in [2.75, 3.05) is 7.11 Å². The van der Waals surface area contributed by atoms with Crippen molar-refractivity contribution >= 4 is 17.6 Å². The fourth-order valence-corrected chi connectivity index (χ4v) is 1.63. The largest absolute Gasteiger partial charge is 0.480 e. The van der Waals surface area contributed by atoms with Crippen molar-refractivity contribution in [2.24, 2.45) is 0 Å². The fourth-order valence-electron chi connectivity index (χ4n) is 1.43. The van der Waals surface area contributed by atoms with E-state index in [1.165, 1.54) is 19.2 Å². The molecule has 92 valence electrons. The highest BCUT2D eigenvalue weighted by molar-refractivity contribution is 6.33. The molecule has 5 nitrogen and oxygen atoms in total. The van der Waals surface area contributed by atoms with E-state index in [1.807, 2.05) is 0 Å². The zero-order valence-corrected chi connectivity index (χ0v) is 10.2. The van der Waals surface area contributed by atoms with Gasteiger partial charge in [-0.3, -0.25) is 0 Å². The molecule has 0 aliphatic rings. The first-order valence-corrected chi connectivity index (χ1v) is 5.40. The Balaban J connectivity index is 2.44. The van der Waals surface area contributed by atoms with Gasteiger partial charge in [-0.2, -0.15) is 0 Å². The minimum absolute atomic E-state index is 0.0341. The number of carboxylic acids is 1. The molecule has 0 spiro atoms. The summed E-state index contributed by atoms with van der Waals surface area (Å²) in [6, 6.07) is 8.01. The lowest BCUT2D eigenvalue weighted by atomic mass is 10.1. The number of aromatic carboxylic acids is 1. The maximum absolute atomic E-state index is 11.0. The highest BCUT2D eigenvalue weighted by Crippen LogP contribution is 2.24. The van der Waals surface area contributed by atoms with Crippen LogP contribution in [0.25, 0.3) is 11.3 Å². The van der Waals surface area contributed by atoms with Crippen molar-refractivity contribution in [3.05, 3.63) is 40.9 Å². The van der Waals surface area contributed by atoms with Crippen LogP contribution in [0.3, 0.4) is 0 Å². The third-order valence-corrected chi connectivity index (χ3v) is 2.67. The Morgan fingerprint density at radius 1 is 1.28 bits per heavy atom. The van der Waals surface area contributed by atoms with Gasteiger partial charge in [0.25, 0.3) is 0 Å². The van der Waals surface area contributed by atoms with Gasteiger partial charge in [0, 0.05) is 11.6 Å². The molecule has 18 heavy (non-hydrogen) atoms. The monoisotopic (exact) mass is 264 g/mol. The van der Waals surface area contributed by atoms with Gasteiger partial charge in [0.05, 0.1) is 23.4 Å². The van der Waals surface area contributed by atoms with Gasteiger partial charge in [-0.05, 0) is 18.2 Å². The normalized spacial score (nSPS) is 10.1. The summed E-state index contributed by atoms with van der Waals surface area (Å²) in [5.41, 5.74) is 1.22. The molecular weight excluding hydrogens is 256 g/mol. The summed E-state index contributed by atoms with van der Waals surface area (Å²) >= 11 is 5.79. The van der Waals surface area contributed by atoms with E-state index in [0.29, 0.717) is 17.1 Å². The molecule has 0 bridgehead atoms. The van der Waals surface area contributed by atoms with Crippen molar-refractivity contribution in [2.45, 2.75) is 0 Å². The summed E-state index contributed by atoms with van der Waals surface area (Å²) in [5, 5.41) is 16.9. The third-order valence-electron chi connectivity index (χ3n) is 2.34. The highest BCUT2D eigenvalue weighted by Gasteiger charge is 2.11. The predicted octanol–water partition coefficient (Wildman–Crippen LogP) is 2.50. The Bertz CT molecular complexity index is 584. The molecule has 0 radical (unpaired) electrons. The molecule has 0 amide bonds. The quantitative estimate of drug-likeness (QED) is 0.922. The van der Waals surface area contributed by atoms with Gasteiger partial charge >= 0.3 is 5.97 Å². The van der Waals surface area contributed by atoms with Gasteiger partial charge in [-0.15, -0.1) is 10.2 Å². The first kappa shape index (κ1) is 12.3. The van der Waals surface area contributed by atoms with Crippen LogP contribution >= 0.6 is 11.6 Å². The topological polar surface area (TPSA) is 72.3 Å². The van der Waals surface area contributed by atoms with E-state index in [1.54, 1.807) is 18.2 Å². The second-order valence-corrected chi connectivity index (χ2v) is 3.87. The molecule has 2 rings (SSSR count). The van der Waals surface area contributed by atoms with Crippen molar-refractivity contribution in [1.82, 2.24) is 10.2 Å². The first-order valence-electron chi connectivity index (χ1n) is 5.03. The Hall–Kier alpha value is -2.14. The van der Waals surface area contributed by atoms with Crippen LogP contribution in [0, 0.1) is 0 Å². The predicted molar refractivity (Wildman–Crippen MR) is 66.0 cm³/mol. The fraction of sp³-hybridized carbons (Fsp3) is 0.0833. The molecule has 0 saturated carbocycles. The second kappa shape index (κ2) is 5.01. The molecule has 0 aliphatic carbocycles. The van der Waals surface area contributed by atoms with E-state index in [9.17, 15) is 4.79 Å². The maximum Gasteiger partial charge on any atom is 0.337 e. The van der Waals surface area contributed by atoms with Gasteiger partial charge in [-0.1, -0.05) is 17.7 Å². The average Bonchev–Trinajstić information content (AvgIpc) is 2.39. The van der Waals surface area contributed by atoms with Gasteiger partial charge in [0.1, 0.15) is 0 Å². The minimum Gasteiger partial charge on any atom is -0.480 e. The molecule has 6 heteroatoms. The average molecular weight is 265 g/mol. The van der Waals surface area contributed by atoms with E-state index in [2.05, 4.69) is 10.2 Å². The summed E-state index contributed by atoms with van der Waals surface area (Å²) in [4.78, 5) is 11.0. The maximum atomic E-state index is 11.0. The molecule has 0 unspecified atom stereocenters. The number of halogens is 1. The number of rotatable bonds is 3. The number of aromatic nitrogens is 2. The molecule has 1 aromatic heterocycles. The van der Waals surface area contributed by atoms with E-state index >= 15 is 0 Å². The molecule has 1 N–H and O–H groups in total. The van der Waals surface area contributed by atoms with Gasteiger partial charge in [0.15, 0.2) is 0 Å². The standard InChI is InChI=1S/C12H9ClN2O3/c1-18-11-5-4-10(14-15-11)7-2-3-9(13)8(6-7)12(16)17/h2-6H,1H3,(H,16,17). The number of hydrogen-bond acceptors (Lipinski definition) is 4. The zero-order chi connectivity index (χ0) is 13.1. The van der Waals surface area contributed by atoms with Crippen LogP contribution in [0.15, 0.2) is 30.3 Å². The first-order chi connectivity index (χ1) is 8.61. The van der Waals surface area contributed by atoms with Crippen LogP contribution in [0.4, 0.5) is 0 Å². The van der Waals surface area contributed by atoms with E-state index in [4.69, 9.17) is 21.4 Å². The van der Waals surface area contributed by atoms with E-state index in [0.717, 1.165) is 0 Å². The highest BCUT2D eigenvalue weighted by atomic mass is 35.5. The molecule has 0 saturated heterocycles. The molecule has 1 aromatic carbocycles. The number of methoxy groups -OCH3 is 1. The van der Waals surface area contributed by atoms with Crippen molar-refractivity contribution < 1.29 is 14.6 Å². The Morgan fingerprint density at radius 3 is 2.61 bits per heavy atom. The molecule has 0 fully saturated rings. The molecule has 2 aromatic rings. The van der Waals surface area contributed by atoms with Crippen LogP contribution in [0.5, 0.6) is 5.88 Å². The molecule has 1 heterocycles. The van der Waals surface area contributed by atoms with Crippen LogP contribution in [-0.4, -0.2) is 28.4 Å². The number of carbonyl (C=O) groups is 1. The van der Waals surface area contributed by atoms with Gasteiger partial charge in [-0.25, -0.2) is 4.79 Å². The third kappa shape index (κ3) is 2.41. The van der Waals surface area contributed by atoms with Crippen LogP contribution in [0.2, 0.25) is 5.02 Å². The summed E-state index contributed by atoms with van der Waals surface area (Å²) in [7, 11) is 1.49. The second-order valence-electron chi connectivity index (χ2n) is 3.46.